The smallest absolute Gasteiger partial charge is 0.258 e. The molecular formula is C13H14ClN3O2. The van der Waals surface area contributed by atoms with Gasteiger partial charge in [0, 0.05) is 17.7 Å². The van der Waals surface area contributed by atoms with Gasteiger partial charge in [0.15, 0.2) is 0 Å². The highest BCUT2D eigenvalue weighted by Gasteiger charge is 2.17. The number of aryl methyl sites for hydroxylation is 1. The lowest BCUT2D eigenvalue weighted by molar-refractivity contribution is -0.384. The molecule has 0 fully saturated rings. The van der Waals surface area contributed by atoms with Crippen LogP contribution in [-0.2, 0) is 0 Å². The van der Waals surface area contributed by atoms with Crippen molar-refractivity contribution in [1.82, 2.24) is 9.78 Å². The first-order chi connectivity index (χ1) is 8.91. The number of aromatic nitrogens is 2. The third-order valence-corrected chi connectivity index (χ3v) is 3.29. The number of nitro benzene ring substituents is 1. The van der Waals surface area contributed by atoms with E-state index >= 15 is 0 Å². The summed E-state index contributed by atoms with van der Waals surface area (Å²) in [7, 11) is 0. The topological polar surface area (TPSA) is 61.0 Å². The van der Waals surface area contributed by atoms with Crippen LogP contribution in [0.5, 0.6) is 0 Å². The van der Waals surface area contributed by atoms with Gasteiger partial charge in [0.2, 0.25) is 0 Å². The summed E-state index contributed by atoms with van der Waals surface area (Å²) in [6.45, 7) is 6.01. The molecule has 2 aromatic rings. The summed E-state index contributed by atoms with van der Waals surface area (Å²) in [5, 5.41) is 15.6. The predicted octanol–water partition coefficient (Wildman–Crippen LogP) is 3.87. The van der Waals surface area contributed by atoms with Crippen molar-refractivity contribution in [2.24, 2.45) is 0 Å². The van der Waals surface area contributed by atoms with E-state index in [1.54, 1.807) is 16.8 Å². The largest absolute Gasteiger partial charge is 0.269 e. The normalized spacial score (nSPS) is 11.0. The van der Waals surface area contributed by atoms with Crippen molar-refractivity contribution >= 4 is 17.3 Å². The fraction of sp³-hybridized carbons (Fsp3) is 0.308. The molecule has 0 aliphatic carbocycles. The van der Waals surface area contributed by atoms with E-state index in [0.29, 0.717) is 10.8 Å². The van der Waals surface area contributed by atoms with Gasteiger partial charge in [0.1, 0.15) is 5.15 Å². The first-order valence-electron chi connectivity index (χ1n) is 5.91. The van der Waals surface area contributed by atoms with Crippen LogP contribution < -0.4 is 0 Å². The van der Waals surface area contributed by atoms with Gasteiger partial charge in [0.25, 0.3) is 5.69 Å². The molecule has 0 N–H and O–H groups in total. The molecule has 0 amide bonds. The maximum atomic E-state index is 10.6. The first kappa shape index (κ1) is 13.5. The molecule has 100 valence electrons. The molecule has 0 saturated carbocycles. The van der Waals surface area contributed by atoms with Crippen molar-refractivity contribution in [2.45, 2.75) is 26.7 Å². The standard InChI is InChI=1S/C13H14ClN3O2/c1-8(2)12-9(3)15-16(13(12)14)10-4-6-11(7-5-10)17(18)19/h4-8H,1-3H3. The Morgan fingerprint density at radius 3 is 2.32 bits per heavy atom. The maximum Gasteiger partial charge on any atom is 0.269 e. The zero-order valence-electron chi connectivity index (χ0n) is 10.9. The second kappa shape index (κ2) is 5.01. The highest BCUT2D eigenvalue weighted by molar-refractivity contribution is 6.30. The van der Waals surface area contributed by atoms with Crippen molar-refractivity contribution in [3.05, 3.63) is 50.8 Å². The zero-order valence-corrected chi connectivity index (χ0v) is 11.7. The van der Waals surface area contributed by atoms with Crippen LogP contribution in [0.3, 0.4) is 0 Å². The Kier molecular flexibility index (Phi) is 3.57. The van der Waals surface area contributed by atoms with Crippen molar-refractivity contribution < 1.29 is 4.92 Å². The van der Waals surface area contributed by atoms with Crippen LogP contribution in [-0.4, -0.2) is 14.7 Å². The number of rotatable bonds is 3. The van der Waals surface area contributed by atoms with E-state index in [2.05, 4.69) is 18.9 Å². The van der Waals surface area contributed by atoms with Gasteiger partial charge in [-0.05, 0) is 25.0 Å². The molecule has 0 atom stereocenters. The molecular weight excluding hydrogens is 266 g/mol. The second-order valence-corrected chi connectivity index (χ2v) is 4.99. The van der Waals surface area contributed by atoms with Crippen LogP contribution in [0.25, 0.3) is 5.69 Å². The number of hydrogen-bond acceptors (Lipinski definition) is 3. The molecule has 19 heavy (non-hydrogen) atoms. The van der Waals surface area contributed by atoms with Gasteiger partial charge in [-0.1, -0.05) is 25.4 Å². The summed E-state index contributed by atoms with van der Waals surface area (Å²) in [6, 6.07) is 6.16. The Morgan fingerprint density at radius 1 is 1.32 bits per heavy atom. The van der Waals surface area contributed by atoms with Gasteiger partial charge in [-0.15, -0.1) is 0 Å². The summed E-state index contributed by atoms with van der Waals surface area (Å²) in [4.78, 5) is 10.2. The van der Waals surface area contributed by atoms with Crippen molar-refractivity contribution in [3.8, 4) is 5.69 Å². The van der Waals surface area contributed by atoms with Crippen molar-refractivity contribution in [1.29, 1.82) is 0 Å². The molecule has 0 unspecified atom stereocenters. The number of benzene rings is 1. The Bertz CT molecular complexity index is 618. The molecule has 1 aromatic carbocycles. The highest BCUT2D eigenvalue weighted by Crippen LogP contribution is 2.29. The van der Waals surface area contributed by atoms with E-state index in [9.17, 15) is 10.1 Å². The maximum absolute atomic E-state index is 10.6. The summed E-state index contributed by atoms with van der Waals surface area (Å²) >= 11 is 6.33. The SMILES string of the molecule is Cc1nn(-c2ccc([N+](=O)[O-])cc2)c(Cl)c1C(C)C. The lowest BCUT2D eigenvalue weighted by Gasteiger charge is -2.05. The minimum Gasteiger partial charge on any atom is -0.258 e. The lowest BCUT2D eigenvalue weighted by atomic mass is 10.1. The number of halogens is 1. The van der Waals surface area contributed by atoms with Crippen LogP contribution in [0.2, 0.25) is 5.15 Å². The molecule has 0 radical (unpaired) electrons. The van der Waals surface area contributed by atoms with Gasteiger partial charge < -0.3 is 0 Å². The van der Waals surface area contributed by atoms with Crippen molar-refractivity contribution in [2.75, 3.05) is 0 Å². The third-order valence-electron chi connectivity index (χ3n) is 2.93. The van der Waals surface area contributed by atoms with E-state index < -0.39 is 4.92 Å². The fourth-order valence-corrected chi connectivity index (χ4v) is 2.54. The van der Waals surface area contributed by atoms with Crippen LogP contribution in [0.15, 0.2) is 24.3 Å². The lowest BCUT2D eigenvalue weighted by Crippen LogP contribution is -1.97. The third kappa shape index (κ3) is 2.46. The molecule has 0 aliphatic heterocycles. The minimum atomic E-state index is -0.431. The van der Waals surface area contributed by atoms with Crippen LogP contribution in [0.1, 0.15) is 31.0 Å². The average molecular weight is 280 g/mol. The summed E-state index contributed by atoms with van der Waals surface area (Å²) in [5.41, 5.74) is 2.64. The fourth-order valence-electron chi connectivity index (χ4n) is 2.05. The van der Waals surface area contributed by atoms with E-state index in [-0.39, 0.29) is 11.6 Å². The molecule has 2 rings (SSSR count). The second-order valence-electron chi connectivity index (χ2n) is 4.63. The Balaban J connectivity index is 2.48. The number of nitro groups is 1. The van der Waals surface area contributed by atoms with Crippen LogP contribution >= 0.6 is 11.6 Å². The number of hydrogen-bond donors (Lipinski definition) is 0. The van der Waals surface area contributed by atoms with Crippen molar-refractivity contribution in [3.63, 3.8) is 0 Å². The summed E-state index contributed by atoms with van der Waals surface area (Å²) < 4.78 is 1.61. The molecule has 0 spiro atoms. The molecule has 1 aromatic heterocycles. The summed E-state index contributed by atoms with van der Waals surface area (Å²) in [6.07, 6.45) is 0. The molecule has 0 aliphatic rings. The minimum absolute atomic E-state index is 0.0489. The molecule has 6 heteroatoms. The molecule has 1 heterocycles. The highest BCUT2D eigenvalue weighted by atomic mass is 35.5. The monoisotopic (exact) mass is 279 g/mol. The number of non-ortho nitro benzene ring substituents is 1. The zero-order chi connectivity index (χ0) is 14.2. The van der Waals surface area contributed by atoms with E-state index in [0.717, 1.165) is 11.3 Å². The van der Waals surface area contributed by atoms with E-state index in [1.165, 1.54) is 12.1 Å². The van der Waals surface area contributed by atoms with Gasteiger partial charge in [-0.3, -0.25) is 10.1 Å². The molecule has 0 saturated heterocycles. The van der Waals surface area contributed by atoms with E-state index in [4.69, 9.17) is 11.6 Å². The predicted molar refractivity (Wildman–Crippen MR) is 74.1 cm³/mol. The molecule has 0 bridgehead atoms. The Labute approximate surface area is 116 Å². The molecule has 5 nitrogen and oxygen atoms in total. The Morgan fingerprint density at radius 2 is 1.89 bits per heavy atom. The Hall–Kier alpha value is -1.88. The van der Waals surface area contributed by atoms with Crippen LogP contribution in [0, 0.1) is 17.0 Å². The average Bonchev–Trinajstić information content (AvgIpc) is 2.65. The quantitative estimate of drug-likeness (QED) is 0.633. The number of nitrogens with zero attached hydrogens (tertiary/aromatic N) is 3. The van der Waals surface area contributed by atoms with Gasteiger partial charge in [0.05, 0.1) is 16.3 Å². The van der Waals surface area contributed by atoms with Gasteiger partial charge in [-0.25, -0.2) is 4.68 Å². The first-order valence-corrected chi connectivity index (χ1v) is 6.29. The van der Waals surface area contributed by atoms with E-state index in [1.807, 2.05) is 6.92 Å². The van der Waals surface area contributed by atoms with Gasteiger partial charge in [-0.2, -0.15) is 5.10 Å². The summed E-state index contributed by atoms with van der Waals surface area (Å²) in [5.74, 6) is 0.277. The van der Waals surface area contributed by atoms with Gasteiger partial charge >= 0.3 is 0 Å². The van der Waals surface area contributed by atoms with Crippen LogP contribution in [0.4, 0.5) is 5.69 Å².